The number of aromatic nitrogens is 2. The number of nitrogens with one attached hydrogen (secondary N) is 2. The van der Waals surface area contributed by atoms with Crippen LogP contribution in [0.15, 0.2) is 15.6 Å². The van der Waals surface area contributed by atoms with Crippen LogP contribution in [0.25, 0.3) is 0 Å². The highest BCUT2D eigenvalue weighted by atomic mass is 32.1. The van der Waals surface area contributed by atoms with Gasteiger partial charge in [0.1, 0.15) is 0 Å². The Morgan fingerprint density at radius 1 is 1.50 bits per heavy atom. The Bertz CT molecular complexity index is 587. The number of thiazole rings is 2. The number of hydrogen-bond donors (Lipinski definition) is 2. The normalized spacial score (nSPS) is 10.3. The van der Waals surface area contributed by atoms with Crippen LogP contribution < -0.4 is 10.2 Å². The Morgan fingerprint density at radius 2 is 2.33 bits per heavy atom. The SMILES string of the molecule is CCOC(=O)c1csc(NCc2csc(=O)[nH]2)n1. The van der Waals surface area contributed by atoms with E-state index in [1.165, 1.54) is 11.3 Å². The van der Waals surface area contributed by atoms with Crippen molar-refractivity contribution in [3.63, 3.8) is 0 Å². The molecule has 2 rings (SSSR count). The van der Waals surface area contributed by atoms with Crippen LogP contribution in [0, 0.1) is 0 Å². The second-order valence-corrected chi connectivity index (χ2v) is 4.99. The van der Waals surface area contributed by atoms with Crippen molar-refractivity contribution in [2.24, 2.45) is 0 Å². The van der Waals surface area contributed by atoms with Gasteiger partial charge in [0.15, 0.2) is 10.8 Å². The van der Waals surface area contributed by atoms with E-state index >= 15 is 0 Å². The van der Waals surface area contributed by atoms with Gasteiger partial charge < -0.3 is 15.0 Å². The Kier molecular flexibility index (Phi) is 4.11. The molecule has 0 unspecified atom stereocenters. The molecular formula is C10H11N3O3S2. The van der Waals surface area contributed by atoms with Crippen molar-refractivity contribution in [2.45, 2.75) is 13.5 Å². The van der Waals surface area contributed by atoms with Crippen LogP contribution in [-0.4, -0.2) is 22.5 Å². The predicted molar refractivity (Wildman–Crippen MR) is 70.3 cm³/mol. The maximum Gasteiger partial charge on any atom is 0.357 e. The molecule has 18 heavy (non-hydrogen) atoms. The smallest absolute Gasteiger partial charge is 0.357 e. The number of esters is 1. The Morgan fingerprint density at radius 3 is 3.00 bits per heavy atom. The van der Waals surface area contributed by atoms with E-state index in [1.807, 2.05) is 0 Å². The van der Waals surface area contributed by atoms with Gasteiger partial charge >= 0.3 is 10.8 Å². The second kappa shape index (κ2) is 5.78. The lowest BCUT2D eigenvalue weighted by Crippen LogP contribution is -2.06. The van der Waals surface area contributed by atoms with Gasteiger partial charge in [0.25, 0.3) is 0 Å². The molecule has 0 aliphatic carbocycles. The van der Waals surface area contributed by atoms with Gasteiger partial charge in [0, 0.05) is 16.5 Å². The first kappa shape index (κ1) is 12.8. The zero-order valence-corrected chi connectivity index (χ0v) is 11.2. The third-order valence-electron chi connectivity index (χ3n) is 1.99. The van der Waals surface area contributed by atoms with Gasteiger partial charge in [-0.25, -0.2) is 9.78 Å². The molecule has 0 aliphatic rings. The van der Waals surface area contributed by atoms with Crippen LogP contribution in [0.3, 0.4) is 0 Å². The summed E-state index contributed by atoms with van der Waals surface area (Å²) in [6.45, 7) is 2.54. The molecule has 6 nitrogen and oxygen atoms in total. The minimum Gasteiger partial charge on any atom is -0.461 e. The zero-order valence-electron chi connectivity index (χ0n) is 9.56. The largest absolute Gasteiger partial charge is 0.461 e. The maximum absolute atomic E-state index is 11.4. The van der Waals surface area contributed by atoms with Crippen LogP contribution >= 0.6 is 22.7 Å². The first-order chi connectivity index (χ1) is 8.69. The Balaban J connectivity index is 1.94. The molecule has 0 aliphatic heterocycles. The van der Waals surface area contributed by atoms with Crippen LogP contribution in [0.4, 0.5) is 5.13 Å². The van der Waals surface area contributed by atoms with Gasteiger partial charge in [-0.05, 0) is 6.92 Å². The molecule has 2 aromatic rings. The number of hydrogen-bond acceptors (Lipinski definition) is 7. The fourth-order valence-electron chi connectivity index (χ4n) is 1.23. The summed E-state index contributed by atoms with van der Waals surface area (Å²) in [7, 11) is 0. The topological polar surface area (TPSA) is 84.1 Å². The van der Waals surface area contributed by atoms with Crippen molar-refractivity contribution < 1.29 is 9.53 Å². The van der Waals surface area contributed by atoms with Gasteiger partial charge in [-0.2, -0.15) is 0 Å². The highest BCUT2D eigenvalue weighted by Crippen LogP contribution is 2.16. The molecule has 0 atom stereocenters. The second-order valence-electron chi connectivity index (χ2n) is 3.29. The molecule has 0 amide bonds. The van der Waals surface area contributed by atoms with Crippen molar-refractivity contribution in [1.82, 2.24) is 9.97 Å². The highest BCUT2D eigenvalue weighted by molar-refractivity contribution is 7.13. The number of carbonyl (C=O) groups excluding carboxylic acids is 1. The van der Waals surface area contributed by atoms with E-state index in [-0.39, 0.29) is 4.87 Å². The van der Waals surface area contributed by atoms with E-state index in [0.29, 0.717) is 24.0 Å². The minimum atomic E-state index is -0.425. The fourth-order valence-corrected chi connectivity index (χ4v) is 2.49. The molecule has 0 saturated heterocycles. The van der Waals surface area contributed by atoms with Crippen molar-refractivity contribution in [2.75, 3.05) is 11.9 Å². The van der Waals surface area contributed by atoms with Crippen LogP contribution in [0.1, 0.15) is 23.1 Å². The summed E-state index contributed by atoms with van der Waals surface area (Å²) in [5.74, 6) is -0.425. The zero-order chi connectivity index (χ0) is 13.0. The first-order valence-electron chi connectivity index (χ1n) is 5.22. The van der Waals surface area contributed by atoms with E-state index in [1.54, 1.807) is 17.7 Å². The van der Waals surface area contributed by atoms with Gasteiger partial charge in [0.05, 0.1) is 13.2 Å². The lowest BCUT2D eigenvalue weighted by molar-refractivity contribution is 0.0520. The average Bonchev–Trinajstić information content (AvgIpc) is 2.95. The maximum atomic E-state index is 11.4. The molecule has 0 bridgehead atoms. The molecular weight excluding hydrogens is 274 g/mol. The number of nitrogens with zero attached hydrogens (tertiary/aromatic N) is 1. The lowest BCUT2D eigenvalue weighted by atomic mass is 10.5. The van der Waals surface area contributed by atoms with Crippen molar-refractivity contribution in [1.29, 1.82) is 0 Å². The third kappa shape index (κ3) is 3.17. The number of rotatable bonds is 5. The molecule has 8 heteroatoms. The van der Waals surface area contributed by atoms with Crippen LogP contribution in [0.2, 0.25) is 0 Å². The fraction of sp³-hybridized carbons (Fsp3) is 0.300. The summed E-state index contributed by atoms with van der Waals surface area (Å²) in [4.78, 5) is 29.0. The molecule has 0 aromatic carbocycles. The number of anilines is 1. The van der Waals surface area contributed by atoms with Gasteiger partial charge in [-0.1, -0.05) is 11.3 Å². The lowest BCUT2D eigenvalue weighted by Gasteiger charge is -1.99. The number of ether oxygens (including phenoxy) is 1. The predicted octanol–water partition coefficient (Wildman–Crippen LogP) is 1.68. The number of aromatic amines is 1. The summed E-state index contributed by atoms with van der Waals surface area (Å²) in [6, 6.07) is 0. The molecule has 0 spiro atoms. The van der Waals surface area contributed by atoms with Crippen LogP contribution in [0.5, 0.6) is 0 Å². The summed E-state index contributed by atoms with van der Waals surface area (Å²) in [5, 5.41) is 7.02. The molecule has 0 saturated carbocycles. The van der Waals surface area contributed by atoms with Crippen LogP contribution in [-0.2, 0) is 11.3 Å². The molecule has 96 valence electrons. The van der Waals surface area contributed by atoms with E-state index in [9.17, 15) is 9.59 Å². The summed E-state index contributed by atoms with van der Waals surface area (Å²) in [6.07, 6.45) is 0. The standard InChI is InChI=1S/C10H11N3O3S2/c1-2-16-8(14)7-5-17-9(13-7)11-3-6-4-18-10(15)12-6/h4-5H,2-3H2,1H3,(H,11,13)(H,12,15). The van der Waals surface area contributed by atoms with Crippen molar-refractivity contribution in [3.8, 4) is 0 Å². The van der Waals surface area contributed by atoms with E-state index in [2.05, 4.69) is 15.3 Å². The summed E-state index contributed by atoms with van der Waals surface area (Å²) < 4.78 is 4.84. The molecule has 2 heterocycles. The van der Waals surface area contributed by atoms with Gasteiger partial charge in [0.2, 0.25) is 0 Å². The monoisotopic (exact) mass is 285 g/mol. The summed E-state index contributed by atoms with van der Waals surface area (Å²) >= 11 is 2.43. The van der Waals surface area contributed by atoms with E-state index in [0.717, 1.165) is 17.0 Å². The third-order valence-corrected chi connectivity index (χ3v) is 3.51. The molecule has 2 N–H and O–H groups in total. The highest BCUT2D eigenvalue weighted by Gasteiger charge is 2.11. The summed E-state index contributed by atoms with van der Waals surface area (Å²) in [5.41, 5.74) is 1.08. The van der Waals surface area contributed by atoms with E-state index in [4.69, 9.17) is 4.74 Å². The van der Waals surface area contributed by atoms with Gasteiger partial charge in [-0.3, -0.25) is 4.79 Å². The Labute approximate surface area is 111 Å². The molecule has 0 fully saturated rings. The number of carbonyl (C=O) groups is 1. The minimum absolute atomic E-state index is 0.0850. The number of H-pyrrole nitrogens is 1. The molecule has 0 radical (unpaired) electrons. The van der Waals surface area contributed by atoms with Crippen molar-refractivity contribution >= 4 is 33.8 Å². The first-order valence-corrected chi connectivity index (χ1v) is 6.98. The Hall–Kier alpha value is -1.67. The molecule has 2 aromatic heterocycles. The van der Waals surface area contributed by atoms with Crippen molar-refractivity contribution in [3.05, 3.63) is 31.8 Å². The van der Waals surface area contributed by atoms with Gasteiger partial charge in [-0.15, -0.1) is 11.3 Å². The quantitative estimate of drug-likeness (QED) is 0.817. The van der Waals surface area contributed by atoms with E-state index < -0.39 is 5.97 Å². The average molecular weight is 285 g/mol.